The number of ether oxygens (including phenoxy) is 1. The molecule has 0 amide bonds. The van der Waals surface area contributed by atoms with E-state index in [0.29, 0.717) is 9.92 Å². The Balaban J connectivity index is 1.83. The van der Waals surface area contributed by atoms with Crippen LogP contribution >= 0.6 is 23.4 Å². The molecule has 4 rings (SSSR count). The predicted octanol–water partition coefficient (Wildman–Crippen LogP) is 6.67. The molecule has 4 aromatic rings. The molecule has 0 atom stereocenters. The largest absolute Gasteiger partial charge is 0.462 e. The second-order valence-electron chi connectivity index (χ2n) is 7.31. The molecule has 0 radical (unpaired) electrons. The zero-order chi connectivity index (χ0) is 22.8. The summed E-state index contributed by atoms with van der Waals surface area (Å²) in [5.74, 6) is -1.25. The van der Waals surface area contributed by atoms with Crippen LogP contribution in [0.15, 0.2) is 58.6 Å². The lowest BCUT2D eigenvalue weighted by molar-refractivity contribution is 0.0520. The highest BCUT2D eigenvalue weighted by molar-refractivity contribution is 7.99. The number of hydrogen-bond donors (Lipinski definition) is 0. The summed E-state index contributed by atoms with van der Waals surface area (Å²) in [6.07, 6.45) is 4.79. The molecule has 0 saturated carbocycles. The maximum Gasteiger partial charge on any atom is 0.341 e. The van der Waals surface area contributed by atoms with Crippen molar-refractivity contribution >= 4 is 40.2 Å². The maximum atomic E-state index is 15.2. The average molecular weight is 472 g/mol. The van der Waals surface area contributed by atoms with Gasteiger partial charge in [-0.2, -0.15) is 5.10 Å². The Morgan fingerprint density at radius 3 is 2.81 bits per heavy atom. The number of rotatable bonds is 7. The van der Waals surface area contributed by atoms with Gasteiger partial charge in [0.1, 0.15) is 0 Å². The Labute approximate surface area is 195 Å². The van der Waals surface area contributed by atoms with Crippen molar-refractivity contribution in [3.8, 4) is 5.69 Å². The topological polar surface area (TPSA) is 49.0 Å². The molecule has 0 bridgehead atoms. The number of carbonyl (C=O) groups is 1. The van der Waals surface area contributed by atoms with Gasteiger partial charge in [-0.3, -0.25) is 4.68 Å². The van der Waals surface area contributed by atoms with Crippen molar-refractivity contribution in [2.45, 2.75) is 43.5 Å². The third-order valence-corrected chi connectivity index (χ3v) is 6.60. The smallest absolute Gasteiger partial charge is 0.341 e. The van der Waals surface area contributed by atoms with E-state index in [0.717, 1.165) is 40.1 Å². The van der Waals surface area contributed by atoms with Crippen molar-refractivity contribution < 1.29 is 13.9 Å². The fourth-order valence-corrected chi connectivity index (χ4v) is 4.96. The van der Waals surface area contributed by atoms with Gasteiger partial charge in [0.2, 0.25) is 0 Å². The minimum Gasteiger partial charge on any atom is -0.462 e. The van der Waals surface area contributed by atoms with Crippen LogP contribution in [-0.2, 0) is 11.3 Å². The average Bonchev–Trinajstić information content (AvgIpc) is 3.32. The molecule has 0 aliphatic heterocycles. The van der Waals surface area contributed by atoms with E-state index >= 15 is 4.39 Å². The fourth-order valence-electron chi connectivity index (χ4n) is 3.71. The van der Waals surface area contributed by atoms with E-state index in [1.165, 1.54) is 17.8 Å². The van der Waals surface area contributed by atoms with Crippen molar-refractivity contribution in [1.82, 2.24) is 14.3 Å². The van der Waals surface area contributed by atoms with E-state index < -0.39 is 11.8 Å². The molecule has 2 heterocycles. The highest BCUT2D eigenvalue weighted by atomic mass is 35.5. The first-order valence-corrected chi connectivity index (χ1v) is 11.6. The SMILES string of the molecule is CCCn1cc(-n2c(C)c(Sc3cccc(C(=O)OCC)c3F)c3ccc(Cl)cc32)cn1. The second-order valence-corrected chi connectivity index (χ2v) is 8.80. The molecule has 8 heteroatoms. The monoisotopic (exact) mass is 471 g/mol. The minimum atomic E-state index is -0.665. The van der Waals surface area contributed by atoms with E-state index in [1.54, 1.807) is 19.1 Å². The zero-order valence-corrected chi connectivity index (χ0v) is 19.6. The summed E-state index contributed by atoms with van der Waals surface area (Å²) >= 11 is 7.60. The standard InChI is InChI=1S/C24H23ClFN3O2S/c1-4-11-28-14-17(13-27-28)29-15(3)23(18-10-9-16(25)12-20(18)29)32-21-8-6-7-19(22(21)26)24(30)31-5-2/h6-10,12-14H,4-5,11H2,1-3H3. The lowest BCUT2D eigenvalue weighted by Gasteiger charge is -2.09. The molecular weight excluding hydrogens is 449 g/mol. The summed E-state index contributed by atoms with van der Waals surface area (Å²) in [7, 11) is 0. The number of hydrogen-bond acceptors (Lipinski definition) is 4. The lowest BCUT2D eigenvalue weighted by atomic mass is 10.2. The van der Waals surface area contributed by atoms with Gasteiger partial charge in [0.15, 0.2) is 5.82 Å². The number of nitrogens with zero attached hydrogens (tertiary/aromatic N) is 3. The Hall–Kier alpha value is -2.77. The minimum absolute atomic E-state index is 0.0675. The van der Waals surface area contributed by atoms with Gasteiger partial charge >= 0.3 is 5.97 Å². The van der Waals surface area contributed by atoms with E-state index in [9.17, 15) is 4.79 Å². The van der Waals surface area contributed by atoms with E-state index in [1.807, 2.05) is 42.2 Å². The molecule has 5 nitrogen and oxygen atoms in total. The van der Waals surface area contributed by atoms with Gasteiger partial charge in [0.25, 0.3) is 0 Å². The zero-order valence-electron chi connectivity index (χ0n) is 18.1. The van der Waals surface area contributed by atoms with Crippen molar-refractivity contribution in [2.24, 2.45) is 0 Å². The summed E-state index contributed by atoms with van der Waals surface area (Å²) in [5.41, 5.74) is 2.69. The molecule has 2 aromatic carbocycles. The Bertz CT molecular complexity index is 1300. The summed E-state index contributed by atoms with van der Waals surface area (Å²) in [5, 5.41) is 6.01. The molecule has 166 valence electrons. The number of fused-ring (bicyclic) bond motifs is 1. The molecule has 0 N–H and O–H groups in total. The van der Waals surface area contributed by atoms with Crippen LogP contribution in [0.1, 0.15) is 36.3 Å². The molecule has 0 saturated heterocycles. The first kappa shape index (κ1) is 22.4. The van der Waals surface area contributed by atoms with Crippen molar-refractivity contribution in [3.63, 3.8) is 0 Å². The third-order valence-electron chi connectivity index (χ3n) is 5.11. The van der Waals surface area contributed by atoms with E-state index in [2.05, 4.69) is 16.6 Å². The van der Waals surface area contributed by atoms with Crippen LogP contribution in [0.2, 0.25) is 5.02 Å². The van der Waals surface area contributed by atoms with Crippen molar-refractivity contribution in [3.05, 3.63) is 70.9 Å². The van der Waals surface area contributed by atoms with Gasteiger partial charge in [-0.15, -0.1) is 0 Å². The van der Waals surface area contributed by atoms with Gasteiger partial charge in [-0.05, 0) is 44.5 Å². The van der Waals surface area contributed by atoms with Crippen LogP contribution in [0, 0.1) is 12.7 Å². The van der Waals surface area contributed by atoms with Gasteiger partial charge in [0.05, 0.1) is 29.6 Å². The summed E-state index contributed by atoms with van der Waals surface area (Å²) in [6, 6.07) is 10.4. The highest BCUT2D eigenvalue weighted by Gasteiger charge is 2.21. The Morgan fingerprint density at radius 1 is 1.25 bits per heavy atom. The summed E-state index contributed by atoms with van der Waals surface area (Å²) < 4.78 is 24.2. The first-order valence-electron chi connectivity index (χ1n) is 10.4. The Morgan fingerprint density at radius 2 is 2.06 bits per heavy atom. The number of carbonyl (C=O) groups excluding carboxylic acids is 1. The predicted molar refractivity (Wildman–Crippen MR) is 126 cm³/mol. The molecule has 32 heavy (non-hydrogen) atoms. The van der Waals surface area contributed by atoms with Gasteiger partial charge < -0.3 is 9.30 Å². The van der Waals surface area contributed by atoms with E-state index in [-0.39, 0.29) is 12.2 Å². The molecule has 0 aliphatic carbocycles. The van der Waals surface area contributed by atoms with Crippen LogP contribution < -0.4 is 0 Å². The number of halogens is 2. The molecule has 0 aliphatic rings. The number of benzene rings is 2. The summed E-state index contributed by atoms with van der Waals surface area (Å²) in [6.45, 7) is 6.80. The highest BCUT2D eigenvalue weighted by Crippen LogP contribution is 2.41. The van der Waals surface area contributed by atoms with Crippen LogP contribution in [-0.4, -0.2) is 26.9 Å². The molecule has 0 spiro atoms. The number of aryl methyl sites for hydroxylation is 1. The van der Waals surface area contributed by atoms with Crippen LogP contribution in [0.3, 0.4) is 0 Å². The normalized spacial score (nSPS) is 11.3. The van der Waals surface area contributed by atoms with Crippen LogP contribution in [0.4, 0.5) is 4.39 Å². The lowest BCUT2D eigenvalue weighted by Crippen LogP contribution is -2.07. The van der Waals surface area contributed by atoms with E-state index in [4.69, 9.17) is 16.3 Å². The molecule has 0 fully saturated rings. The quantitative estimate of drug-likeness (QED) is 0.282. The first-order chi connectivity index (χ1) is 15.4. The van der Waals surface area contributed by atoms with Crippen LogP contribution in [0.5, 0.6) is 0 Å². The molecule has 2 aromatic heterocycles. The van der Waals surface area contributed by atoms with Crippen LogP contribution in [0.25, 0.3) is 16.6 Å². The van der Waals surface area contributed by atoms with Crippen molar-refractivity contribution in [2.75, 3.05) is 6.61 Å². The second kappa shape index (κ2) is 9.38. The van der Waals surface area contributed by atoms with Gasteiger partial charge in [-0.1, -0.05) is 42.4 Å². The molecular formula is C24H23ClFN3O2S. The Kier molecular flexibility index (Phi) is 6.58. The van der Waals surface area contributed by atoms with Crippen molar-refractivity contribution in [1.29, 1.82) is 0 Å². The fraction of sp³-hybridized carbons (Fsp3) is 0.250. The van der Waals surface area contributed by atoms with Gasteiger partial charge in [-0.25, -0.2) is 9.18 Å². The third kappa shape index (κ3) is 4.14. The van der Waals surface area contributed by atoms with Gasteiger partial charge in [0, 0.05) is 38.6 Å². The number of esters is 1. The number of aromatic nitrogens is 3. The maximum absolute atomic E-state index is 15.2. The molecule has 0 unspecified atom stereocenters. The summed E-state index contributed by atoms with van der Waals surface area (Å²) in [4.78, 5) is 13.4.